The molecule has 0 radical (unpaired) electrons. The monoisotopic (exact) mass is 625 g/mol. The van der Waals surface area contributed by atoms with Crippen molar-refractivity contribution in [2.24, 2.45) is 0 Å². The van der Waals surface area contributed by atoms with E-state index in [1.54, 1.807) is 0 Å². The van der Waals surface area contributed by atoms with E-state index in [-0.39, 0.29) is 45.2 Å². The third kappa shape index (κ3) is 17.4. The molecular weight excluding hydrogens is 565 g/mol. The fraction of sp³-hybridized carbons (Fsp3) is 0.425. The summed E-state index contributed by atoms with van der Waals surface area (Å²) in [5.41, 5.74) is 9.06. The van der Waals surface area contributed by atoms with Crippen LogP contribution < -0.4 is 9.98 Å². The molecule has 0 bridgehead atoms. The number of hydrogen-bond donors (Lipinski definition) is 2. The van der Waals surface area contributed by atoms with Crippen LogP contribution >= 0.6 is 0 Å². The van der Waals surface area contributed by atoms with Crippen LogP contribution in [0, 0.1) is 21.3 Å². The number of unbranched alkanes of at least 4 members (excludes halogenated alkanes) is 5. The molecule has 0 fully saturated rings. The van der Waals surface area contributed by atoms with Gasteiger partial charge in [-0.25, -0.2) is 9.98 Å². The summed E-state index contributed by atoms with van der Waals surface area (Å²) in [6, 6.07) is 13.0. The van der Waals surface area contributed by atoms with Crippen molar-refractivity contribution in [2.75, 3.05) is 6.61 Å². The molecule has 2 aromatic rings. The number of nitrogens with one attached hydrogen (secondary N) is 2. The Hall–Kier alpha value is -2.04. The smallest absolute Gasteiger partial charge is 0.378 e. The van der Waals surface area contributed by atoms with Gasteiger partial charge in [-0.2, -0.15) is 37.1 Å². The van der Waals surface area contributed by atoms with Crippen molar-refractivity contribution in [1.29, 1.82) is 0 Å². The first-order chi connectivity index (χ1) is 20.6. The molecular formula is C40H61CaN2O+. The van der Waals surface area contributed by atoms with E-state index in [0.29, 0.717) is 6.61 Å². The van der Waals surface area contributed by atoms with Crippen molar-refractivity contribution < 1.29 is 14.7 Å². The predicted molar refractivity (Wildman–Crippen MR) is 196 cm³/mol. The van der Waals surface area contributed by atoms with Gasteiger partial charge in [0.2, 0.25) is 0 Å². The molecule has 0 saturated heterocycles. The zero-order valence-corrected chi connectivity index (χ0v) is 31.3. The van der Waals surface area contributed by atoms with Gasteiger partial charge in [-0.15, -0.1) is 24.3 Å². The van der Waals surface area contributed by atoms with Crippen molar-refractivity contribution in [1.82, 2.24) is 0 Å². The topological polar surface area (TPSA) is 37.2 Å². The largest absolute Gasteiger partial charge is 2.00 e. The summed E-state index contributed by atoms with van der Waals surface area (Å²) in [6.45, 7) is 24.0. The van der Waals surface area contributed by atoms with E-state index in [1.807, 2.05) is 33.8 Å². The molecule has 0 spiro atoms. The Balaban J connectivity index is 0. The maximum absolute atomic E-state index is 5.75. The minimum atomic E-state index is 0. The molecule has 0 heterocycles. The molecule has 2 N–H and O–H groups in total. The fourth-order valence-electron chi connectivity index (χ4n) is 4.52. The van der Waals surface area contributed by atoms with Gasteiger partial charge in [0.15, 0.2) is 0 Å². The molecule has 0 aromatic heterocycles. The van der Waals surface area contributed by atoms with E-state index in [1.165, 1.54) is 42.5 Å². The second kappa shape index (κ2) is 28.4. The molecule has 0 amide bonds. The molecule has 4 heteroatoms. The summed E-state index contributed by atoms with van der Waals surface area (Å²) in [5, 5.41) is 0. The van der Waals surface area contributed by atoms with Gasteiger partial charge in [-0.3, -0.25) is 0 Å². The van der Waals surface area contributed by atoms with Gasteiger partial charge in [0.1, 0.15) is 12.4 Å². The maximum Gasteiger partial charge on any atom is 2.00 e. The number of benzene rings is 2. The molecule has 1 aliphatic carbocycles. The third-order valence-corrected chi connectivity index (χ3v) is 6.91. The minimum Gasteiger partial charge on any atom is -0.378 e. The van der Waals surface area contributed by atoms with Crippen LogP contribution in [0.25, 0.3) is 0 Å². The van der Waals surface area contributed by atoms with E-state index in [0.717, 1.165) is 73.1 Å². The molecule has 3 rings (SSSR count). The Bertz CT molecular complexity index is 1160. The van der Waals surface area contributed by atoms with E-state index < -0.39 is 0 Å². The van der Waals surface area contributed by atoms with Crippen LogP contribution in [0.5, 0.6) is 0 Å². The van der Waals surface area contributed by atoms with Crippen LogP contribution in [0.2, 0.25) is 0 Å². The Morgan fingerprint density at radius 2 is 1.45 bits per heavy atom. The molecule has 0 atom stereocenters. The number of ether oxygens (including phenoxy) is 1. The Morgan fingerprint density at radius 3 is 2.09 bits per heavy atom. The van der Waals surface area contributed by atoms with E-state index in [9.17, 15) is 0 Å². The maximum atomic E-state index is 5.75. The van der Waals surface area contributed by atoms with Crippen LogP contribution in [0.4, 0.5) is 0 Å². The fourth-order valence-corrected chi connectivity index (χ4v) is 4.52. The molecule has 0 saturated carbocycles. The van der Waals surface area contributed by atoms with Crippen molar-refractivity contribution >= 4 is 50.2 Å². The number of rotatable bonds is 16. The standard InChI is InChI=1S/C35H44N2O.2C2H6.CH3.Ca/c1-5-7-9-10-11-12-15-30-18-20-32(28(3)23-30)25-36-34-16-13-14-17-35(34)37-26-33-21-19-31(24-29(33)4)27-38-22-8-6-2;2*1-2;;/h5,13,16,18-21,23-26H,1,3-4,6-12,14-15,17,22,27H2,2H3;2*1-2H3;1H3;/q-2;;;-1;+2/p+2. The van der Waals surface area contributed by atoms with Crippen LogP contribution in [0.1, 0.15) is 126 Å². The van der Waals surface area contributed by atoms with Gasteiger partial charge in [0.05, 0.1) is 6.61 Å². The molecule has 0 unspecified atom stereocenters. The van der Waals surface area contributed by atoms with Gasteiger partial charge >= 0.3 is 37.7 Å². The van der Waals surface area contributed by atoms with E-state index >= 15 is 0 Å². The van der Waals surface area contributed by atoms with Gasteiger partial charge in [-0.05, 0) is 32.1 Å². The van der Waals surface area contributed by atoms with Crippen LogP contribution in [-0.4, -0.2) is 56.8 Å². The summed E-state index contributed by atoms with van der Waals surface area (Å²) in [7, 11) is 0. The molecule has 0 aliphatic heterocycles. The van der Waals surface area contributed by atoms with Crippen molar-refractivity contribution in [3.05, 3.63) is 127 Å². The summed E-state index contributed by atoms with van der Waals surface area (Å²) >= 11 is 0. The first kappa shape index (κ1) is 44.1. The zero-order chi connectivity index (χ0) is 31.0. The minimum absolute atomic E-state index is 0. The average Bonchev–Trinajstić information content (AvgIpc) is 3.02. The third-order valence-electron chi connectivity index (χ3n) is 6.91. The first-order valence-electron chi connectivity index (χ1n) is 16.3. The number of hydrogen-bond acceptors (Lipinski definition) is 1. The van der Waals surface area contributed by atoms with Gasteiger partial charge < -0.3 is 12.2 Å². The number of aryl methyl sites for hydroxylation is 1. The summed E-state index contributed by atoms with van der Waals surface area (Å²) in [5.74, 6) is 0. The zero-order valence-electron chi connectivity index (χ0n) is 29.1. The van der Waals surface area contributed by atoms with Gasteiger partial charge in [-0.1, -0.05) is 101 Å². The van der Waals surface area contributed by atoms with E-state index in [2.05, 4.69) is 98.3 Å². The second-order valence-corrected chi connectivity index (χ2v) is 10.1. The Morgan fingerprint density at radius 1 is 0.841 bits per heavy atom. The molecule has 44 heavy (non-hydrogen) atoms. The Kier molecular flexibility index (Phi) is 28.5. The molecule has 1 aliphatic rings. The normalized spacial score (nSPS) is 12.1. The van der Waals surface area contributed by atoms with Gasteiger partial charge in [0.25, 0.3) is 11.4 Å². The predicted octanol–water partition coefficient (Wildman–Crippen LogP) is 7.43. The quantitative estimate of drug-likeness (QED) is 0.0658. The van der Waals surface area contributed by atoms with E-state index in [4.69, 9.17) is 4.74 Å². The van der Waals surface area contributed by atoms with Crippen LogP contribution in [0.15, 0.2) is 72.6 Å². The summed E-state index contributed by atoms with van der Waals surface area (Å²) in [4.78, 5) is 7.06. The molecule has 2 aromatic carbocycles. The van der Waals surface area contributed by atoms with Crippen LogP contribution in [-0.2, 0) is 17.8 Å². The van der Waals surface area contributed by atoms with Crippen molar-refractivity contribution in [2.45, 2.75) is 105 Å². The molecule has 3 nitrogen and oxygen atoms in total. The molecule has 238 valence electrons. The van der Waals surface area contributed by atoms with Crippen molar-refractivity contribution in [3.8, 4) is 0 Å². The second-order valence-electron chi connectivity index (χ2n) is 10.1. The van der Waals surface area contributed by atoms with Gasteiger partial charge in [0, 0.05) is 19.1 Å². The van der Waals surface area contributed by atoms with Crippen molar-refractivity contribution in [3.63, 3.8) is 0 Å². The average molecular weight is 626 g/mol. The summed E-state index contributed by atoms with van der Waals surface area (Å²) in [6.07, 6.45) is 22.0. The van der Waals surface area contributed by atoms with Crippen LogP contribution in [0.3, 0.4) is 0 Å². The first-order valence-corrected chi connectivity index (χ1v) is 16.3. The SMILES string of the molecule is C=CCCCCCCc1ccc(C=[NH+]C2=C([NH+]=Cc3ccc(COCCCC)cc3[CH2-])CCC=C2)c([CH2-])c1.CC.CC.[CH3-].[Ca+2]. The number of allylic oxidation sites excluding steroid dienone is 4. The summed E-state index contributed by atoms with van der Waals surface area (Å²) < 4.78 is 5.75. The Labute approximate surface area is 302 Å².